The zero-order valence-electron chi connectivity index (χ0n) is 13.3. The van der Waals surface area contributed by atoms with Gasteiger partial charge in [0.25, 0.3) is 0 Å². The van der Waals surface area contributed by atoms with Crippen molar-refractivity contribution in [2.24, 2.45) is 0 Å². The third-order valence-corrected chi connectivity index (χ3v) is 4.39. The molecule has 0 aromatic heterocycles. The van der Waals surface area contributed by atoms with Gasteiger partial charge in [0.2, 0.25) is 0 Å². The molecule has 4 nitrogen and oxygen atoms in total. The Morgan fingerprint density at radius 1 is 1.08 bits per heavy atom. The fourth-order valence-corrected chi connectivity index (χ4v) is 3.30. The Morgan fingerprint density at radius 3 is 2.44 bits per heavy atom. The molecule has 7 heteroatoms. The van der Waals surface area contributed by atoms with E-state index < -0.39 is 35.5 Å². The van der Waals surface area contributed by atoms with E-state index in [2.05, 4.69) is 5.32 Å². The molecule has 2 N–H and O–H groups in total. The van der Waals surface area contributed by atoms with Crippen LogP contribution in [0.1, 0.15) is 17.0 Å². The zero-order valence-corrected chi connectivity index (χ0v) is 13.3. The molecule has 1 heterocycles. The molecule has 1 saturated heterocycles. The van der Waals surface area contributed by atoms with E-state index in [0.29, 0.717) is 25.7 Å². The first-order valence-corrected chi connectivity index (χ1v) is 7.84. The molecule has 1 fully saturated rings. The number of rotatable bonds is 4. The summed E-state index contributed by atoms with van der Waals surface area (Å²) in [4.78, 5) is 13.0. The highest BCUT2D eigenvalue weighted by molar-refractivity contribution is 5.65. The Bertz CT molecular complexity index is 770. The van der Waals surface area contributed by atoms with Crippen LogP contribution >= 0.6 is 0 Å². The number of nitrogens with zero attached hydrogens (tertiary/aromatic N) is 1. The molecule has 1 aliphatic heterocycles. The first-order chi connectivity index (χ1) is 11.9. The van der Waals surface area contributed by atoms with Crippen LogP contribution in [0.25, 0.3) is 0 Å². The number of hydrogen-bond acceptors (Lipinski definition) is 2. The van der Waals surface area contributed by atoms with Crippen molar-refractivity contribution in [1.29, 1.82) is 0 Å². The van der Waals surface area contributed by atoms with Crippen LogP contribution in [-0.4, -0.2) is 35.2 Å². The van der Waals surface area contributed by atoms with Crippen LogP contribution in [0, 0.1) is 17.5 Å². The number of likely N-dealkylation sites (tertiary alicyclic amines) is 1. The second-order valence-electron chi connectivity index (χ2n) is 6.13. The molecule has 0 aliphatic carbocycles. The summed E-state index contributed by atoms with van der Waals surface area (Å²) in [5, 5.41) is 11.4. The number of carbonyl (C=O) groups is 1. The van der Waals surface area contributed by atoms with Crippen LogP contribution in [0.2, 0.25) is 0 Å². The van der Waals surface area contributed by atoms with E-state index in [1.54, 1.807) is 0 Å². The summed E-state index contributed by atoms with van der Waals surface area (Å²) in [5.74, 6) is -3.88. The minimum absolute atomic E-state index is 0.0202. The predicted molar refractivity (Wildman–Crippen MR) is 85.7 cm³/mol. The highest BCUT2D eigenvalue weighted by Gasteiger charge is 2.36. The van der Waals surface area contributed by atoms with Crippen LogP contribution < -0.4 is 5.32 Å². The largest absolute Gasteiger partial charge is 0.465 e. The minimum atomic E-state index is -1.26. The van der Waals surface area contributed by atoms with Crippen LogP contribution in [-0.2, 0) is 6.54 Å². The number of amides is 1. The number of nitrogens with one attached hydrogen (secondary N) is 1. The van der Waals surface area contributed by atoms with E-state index in [4.69, 9.17) is 5.11 Å². The Hall–Kier alpha value is -2.54. The van der Waals surface area contributed by atoms with Crippen molar-refractivity contribution in [2.75, 3.05) is 13.1 Å². The molecule has 0 spiro atoms. The summed E-state index contributed by atoms with van der Waals surface area (Å²) in [6, 6.07) is 10.3. The summed E-state index contributed by atoms with van der Waals surface area (Å²) in [6.07, 6.45) is -1.24. The molecule has 1 amide bonds. The maximum absolute atomic E-state index is 14.1. The number of halogens is 3. The van der Waals surface area contributed by atoms with Crippen molar-refractivity contribution in [3.63, 3.8) is 0 Å². The van der Waals surface area contributed by atoms with Crippen molar-refractivity contribution in [3.8, 4) is 0 Å². The molecule has 2 aromatic carbocycles. The Morgan fingerprint density at radius 2 is 1.76 bits per heavy atom. The molecule has 25 heavy (non-hydrogen) atoms. The van der Waals surface area contributed by atoms with Crippen LogP contribution in [0.5, 0.6) is 0 Å². The Kier molecular flexibility index (Phi) is 4.94. The van der Waals surface area contributed by atoms with E-state index in [9.17, 15) is 18.0 Å². The number of benzene rings is 2. The summed E-state index contributed by atoms with van der Waals surface area (Å²) in [5.41, 5.74) is 1.01. The molecular weight excluding hydrogens is 333 g/mol. The number of carboxylic acid groups (broad SMARTS) is 1. The van der Waals surface area contributed by atoms with Gasteiger partial charge in [0, 0.05) is 31.6 Å². The lowest BCUT2D eigenvalue weighted by Gasteiger charge is -2.19. The molecule has 2 atom stereocenters. The second-order valence-corrected chi connectivity index (χ2v) is 6.13. The van der Waals surface area contributed by atoms with Crippen molar-refractivity contribution < 1.29 is 23.1 Å². The van der Waals surface area contributed by atoms with Crippen molar-refractivity contribution in [2.45, 2.75) is 18.5 Å². The maximum Gasteiger partial charge on any atom is 0.404 e. The van der Waals surface area contributed by atoms with E-state index in [0.717, 1.165) is 11.6 Å². The maximum atomic E-state index is 14.1. The minimum Gasteiger partial charge on any atom is -0.465 e. The van der Waals surface area contributed by atoms with Gasteiger partial charge in [-0.2, -0.15) is 0 Å². The SMILES string of the molecule is O=C(O)NC1CN(Cc2ccccc2)CC1c1cc(F)c(F)cc1F. The lowest BCUT2D eigenvalue weighted by atomic mass is 9.93. The molecular formula is C18H17F3N2O2. The highest BCUT2D eigenvalue weighted by Crippen LogP contribution is 2.31. The molecule has 2 unspecified atom stereocenters. The van der Waals surface area contributed by atoms with Gasteiger partial charge in [-0.25, -0.2) is 18.0 Å². The predicted octanol–water partition coefficient (Wildman–Crippen LogP) is 3.34. The molecule has 0 bridgehead atoms. The average molecular weight is 350 g/mol. The van der Waals surface area contributed by atoms with Gasteiger partial charge in [-0.05, 0) is 17.2 Å². The van der Waals surface area contributed by atoms with Gasteiger partial charge in [0.15, 0.2) is 11.6 Å². The lowest BCUT2D eigenvalue weighted by Crippen LogP contribution is -2.39. The summed E-state index contributed by atoms with van der Waals surface area (Å²) in [7, 11) is 0. The highest BCUT2D eigenvalue weighted by atomic mass is 19.2. The molecule has 2 aromatic rings. The normalized spacial score (nSPS) is 20.6. The van der Waals surface area contributed by atoms with Crippen LogP contribution in [0.15, 0.2) is 42.5 Å². The van der Waals surface area contributed by atoms with Crippen LogP contribution in [0.3, 0.4) is 0 Å². The third-order valence-electron chi connectivity index (χ3n) is 4.39. The molecule has 1 aliphatic rings. The zero-order chi connectivity index (χ0) is 18.0. The summed E-state index contributed by atoms with van der Waals surface area (Å²) < 4.78 is 40.9. The van der Waals surface area contributed by atoms with E-state index in [1.165, 1.54) is 0 Å². The fourth-order valence-electron chi connectivity index (χ4n) is 3.30. The van der Waals surface area contributed by atoms with Gasteiger partial charge in [-0.1, -0.05) is 30.3 Å². The number of hydrogen-bond donors (Lipinski definition) is 2. The van der Waals surface area contributed by atoms with E-state index in [-0.39, 0.29) is 5.56 Å². The molecule has 132 valence electrons. The molecule has 0 saturated carbocycles. The lowest BCUT2D eigenvalue weighted by molar-refractivity contribution is 0.188. The van der Waals surface area contributed by atoms with Gasteiger partial charge in [-0.3, -0.25) is 4.90 Å². The Labute approximate surface area is 142 Å². The van der Waals surface area contributed by atoms with Gasteiger partial charge < -0.3 is 10.4 Å². The van der Waals surface area contributed by atoms with Gasteiger partial charge in [0.05, 0.1) is 6.04 Å². The summed E-state index contributed by atoms with van der Waals surface area (Å²) in [6.45, 7) is 1.24. The van der Waals surface area contributed by atoms with Gasteiger partial charge in [-0.15, -0.1) is 0 Å². The summed E-state index contributed by atoms with van der Waals surface area (Å²) >= 11 is 0. The second kappa shape index (κ2) is 7.14. The molecule has 0 radical (unpaired) electrons. The standard InChI is InChI=1S/C18H17F3N2O2/c19-14-7-16(21)15(20)6-12(14)13-9-23(10-17(13)22-18(24)25)8-11-4-2-1-3-5-11/h1-7,13,17,22H,8-10H2,(H,24,25). The van der Waals surface area contributed by atoms with Gasteiger partial charge in [0.1, 0.15) is 5.82 Å². The first kappa shape index (κ1) is 17.3. The van der Waals surface area contributed by atoms with Gasteiger partial charge >= 0.3 is 6.09 Å². The molecule has 3 rings (SSSR count). The Balaban J connectivity index is 1.85. The van der Waals surface area contributed by atoms with Crippen LogP contribution in [0.4, 0.5) is 18.0 Å². The van der Waals surface area contributed by atoms with Crippen molar-refractivity contribution in [3.05, 3.63) is 71.0 Å². The quantitative estimate of drug-likeness (QED) is 0.832. The van der Waals surface area contributed by atoms with Crippen molar-refractivity contribution in [1.82, 2.24) is 10.2 Å². The fraction of sp³-hybridized carbons (Fsp3) is 0.278. The monoisotopic (exact) mass is 350 g/mol. The smallest absolute Gasteiger partial charge is 0.404 e. The van der Waals surface area contributed by atoms with Crippen molar-refractivity contribution >= 4 is 6.09 Å². The average Bonchev–Trinajstić information content (AvgIpc) is 2.93. The topological polar surface area (TPSA) is 52.6 Å². The third kappa shape index (κ3) is 3.93. The first-order valence-electron chi connectivity index (χ1n) is 7.84. The van der Waals surface area contributed by atoms with E-state index >= 15 is 0 Å². The van der Waals surface area contributed by atoms with E-state index in [1.807, 2.05) is 35.2 Å².